The molecule has 154 valence electrons. The van der Waals surface area contributed by atoms with Crippen LogP contribution in [0.15, 0.2) is 66.9 Å². The summed E-state index contributed by atoms with van der Waals surface area (Å²) in [6.45, 7) is 2.09. The van der Waals surface area contributed by atoms with E-state index in [0.29, 0.717) is 29.0 Å². The van der Waals surface area contributed by atoms with Crippen LogP contribution in [0.3, 0.4) is 0 Å². The van der Waals surface area contributed by atoms with E-state index in [9.17, 15) is 18.0 Å². The van der Waals surface area contributed by atoms with E-state index in [-0.39, 0.29) is 11.7 Å². The summed E-state index contributed by atoms with van der Waals surface area (Å²) in [5.74, 6) is -0.0437. The Hall–Kier alpha value is -3.55. The van der Waals surface area contributed by atoms with Crippen molar-refractivity contribution in [3.05, 3.63) is 78.1 Å². The third kappa shape index (κ3) is 4.22. The third-order valence-electron chi connectivity index (χ3n) is 4.69. The van der Waals surface area contributed by atoms with Crippen LogP contribution < -0.4 is 9.47 Å². The molecule has 0 bridgehead atoms. The molecular weight excluding hydrogens is 397 g/mol. The number of pyridine rings is 1. The number of hydrogen-bond donors (Lipinski definition) is 0. The predicted octanol–water partition coefficient (Wildman–Crippen LogP) is 5.03. The molecule has 1 aliphatic heterocycles. The minimum absolute atomic E-state index is 0.201. The SMILES string of the molecule is CC1Oc2ccc(-c3ccc(OC(F)(F)F)cc3)cc2C(=O)N1Cc1ccccn1. The average Bonchev–Trinajstić information content (AvgIpc) is 2.71. The lowest BCUT2D eigenvalue weighted by Gasteiger charge is -2.34. The molecule has 0 fully saturated rings. The van der Waals surface area contributed by atoms with Crippen LogP contribution in [0.2, 0.25) is 0 Å². The topological polar surface area (TPSA) is 51.7 Å². The van der Waals surface area contributed by atoms with Crippen LogP contribution in [0.4, 0.5) is 13.2 Å². The second-order valence-electron chi connectivity index (χ2n) is 6.75. The Morgan fingerprint density at radius 3 is 2.47 bits per heavy atom. The normalized spacial score (nSPS) is 16.1. The van der Waals surface area contributed by atoms with Gasteiger partial charge in [-0.2, -0.15) is 0 Å². The van der Waals surface area contributed by atoms with Gasteiger partial charge in [-0.05, 0) is 54.4 Å². The zero-order valence-electron chi connectivity index (χ0n) is 15.9. The Morgan fingerprint density at radius 1 is 1.07 bits per heavy atom. The Labute approximate surface area is 170 Å². The number of carbonyl (C=O) groups is 1. The van der Waals surface area contributed by atoms with Crippen molar-refractivity contribution in [3.8, 4) is 22.6 Å². The van der Waals surface area contributed by atoms with Crippen molar-refractivity contribution in [2.45, 2.75) is 26.1 Å². The highest BCUT2D eigenvalue weighted by atomic mass is 19.4. The Bertz CT molecular complexity index is 1050. The Kier molecular flexibility index (Phi) is 5.07. The van der Waals surface area contributed by atoms with Gasteiger partial charge in [-0.3, -0.25) is 14.7 Å². The summed E-state index contributed by atoms with van der Waals surface area (Å²) in [4.78, 5) is 18.9. The summed E-state index contributed by atoms with van der Waals surface area (Å²) in [6.07, 6.45) is -3.55. The van der Waals surface area contributed by atoms with Crippen LogP contribution in [0.1, 0.15) is 23.0 Å². The number of amides is 1. The van der Waals surface area contributed by atoms with Gasteiger partial charge in [0.2, 0.25) is 0 Å². The number of aromatic nitrogens is 1. The van der Waals surface area contributed by atoms with E-state index in [1.54, 1.807) is 42.3 Å². The fourth-order valence-corrected chi connectivity index (χ4v) is 3.26. The highest BCUT2D eigenvalue weighted by Crippen LogP contribution is 2.33. The van der Waals surface area contributed by atoms with Crippen LogP contribution >= 0.6 is 0 Å². The number of fused-ring (bicyclic) bond motifs is 1. The largest absolute Gasteiger partial charge is 0.573 e. The molecule has 3 aromatic rings. The van der Waals surface area contributed by atoms with Crippen LogP contribution in [0.5, 0.6) is 11.5 Å². The van der Waals surface area contributed by atoms with Crippen molar-refractivity contribution >= 4 is 5.91 Å². The van der Waals surface area contributed by atoms with Gasteiger partial charge in [0.15, 0.2) is 6.23 Å². The number of hydrogen-bond acceptors (Lipinski definition) is 4. The van der Waals surface area contributed by atoms with Gasteiger partial charge in [-0.15, -0.1) is 13.2 Å². The smallest absolute Gasteiger partial charge is 0.470 e. The second kappa shape index (κ2) is 7.70. The van der Waals surface area contributed by atoms with E-state index in [4.69, 9.17) is 4.74 Å². The van der Waals surface area contributed by atoms with Crippen LogP contribution in [0.25, 0.3) is 11.1 Å². The Balaban J connectivity index is 1.59. The molecule has 0 aliphatic carbocycles. The second-order valence-corrected chi connectivity index (χ2v) is 6.75. The average molecular weight is 414 g/mol. The number of alkyl halides is 3. The summed E-state index contributed by atoms with van der Waals surface area (Å²) in [5, 5.41) is 0. The van der Waals surface area contributed by atoms with E-state index < -0.39 is 12.6 Å². The highest BCUT2D eigenvalue weighted by molar-refractivity contribution is 5.99. The maximum atomic E-state index is 13.1. The van der Waals surface area contributed by atoms with Crippen molar-refractivity contribution in [2.24, 2.45) is 0 Å². The minimum atomic E-state index is -4.75. The van der Waals surface area contributed by atoms with E-state index in [2.05, 4.69) is 9.72 Å². The number of carbonyl (C=O) groups excluding carboxylic acids is 1. The monoisotopic (exact) mass is 414 g/mol. The molecule has 1 aromatic heterocycles. The Morgan fingerprint density at radius 2 is 1.80 bits per heavy atom. The molecule has 2 heterocycles. The summed E-state index contributed by atoms with van der Waals surface area (Å²) in [5.41, 5.74) is 2.45. The van der Waals surface area contributed by atoms with Crippen molar-refractivity contribution < 1.29 is 27.4 Å². The molecule has 1 unspecified atom stereocenters. The van der Waals surface area contributed by atoms with Crippen molar-refractivity contribution in [2.75, 3.05) is 0 Å². The fourth-order valence-electron chi connectivity index (χ4n) is 3.26. The lowest BCUT2D eigenvalue weighted by molar-refractivity contribution is -0.274. The predicted molar refractivity (Wildman–Crippen MR) is 103 cm³/mol. The maximum Gasteiger partial charge on any atom is 0.573 e. The third-order valence-corrected chi connectivity index (χ3v) is 4.69. The molecular formula is C22H17F3N2O3. The molecule has 0 saturated heterocycles. The molecule has 4 rings (SSSR count). The number of benzene rings is 2. The van der Waals surface area contributed by atoms with Gasteiger partial charge in [-0.25, -0.2) is 0 Å². The summed E-state index contributed by atoms with van der Waals surface area (Å²) < 4.78 is 46.8. The fraction of sp³-hybridized carbons (Fsp3) is 0.182. The number of ether oxygens (including phenoxy) is 2. The first kappa shape index (κ1) is 19.8. The van der Waals surface area contributed by atoms with Crippen LogP contribution in [-0.4, -0.2) is 28.4 Å². The first-order valence-corrected chi connectivity index (χ1v) is 9.18. The standard InChI is InChI=1S/C22H17F3N2O3/c1-14-27(13-17-4-2-3-11-26-17)21(28)19-12-16(7-10-20(19)29-14)15-5-8-18(9-6-15)30-22(23,24)25/h2-12,14H,13H2,1H3. The molecule has 1 atom stereocenters. The molecule has 0 N–H and O–H groups in total. The van der Waals surface area contributed by atoms with Gasteiger partial charge < -0.3 is 9.47 Å². The van der Waals surface area contributed by atoms with Gasteiger partial charge in [-0.1, -0.05) is 24.3 Å². The first-order chi connectivity index (χ1) is 14.3. The first-order valence-electron chi connectivity index (χ1n) is 9.18. The molecule has 8 heteroatoms. The molecule has 5 nitrogen and oxygen atoms in total. The lowest BCUT2D eigenvalue weighted by Crippen LogP contribution is -2.45. The van der Waals surface area contributed by atoms with Gasteiger partial charge in [0, 0.05) is 6.20 Å². The van der Waals surface area contributed by atoms with E-state index in [1.165, 1.54) is 24.3 Å². The molecule has 1 amide bonds. The van der Waals surface area contributed by atoms with Crippen LogP contribution in [0, 0.1) is 0 Å². The van der Waals surface area contributed by atoms with E-state index in [1.807, 2.05) is 12.1 Å². The van der Waals surface area contributed by atoms with Crippen LogP contribution in [-0.2, 0) is 6.54 Å². The maximum absolute atomic E-state index is 13.1. The van der Waals surface area contributed by atoms with E-state index in [0.717, 1.165) is 5.69 Å². The zero-order valence-corrected chi connectivity index (χ0v) is 15.9. The van der Waals surface area contributed by atoms with E-state index >= 15 is 0 Å². The molecule has 0 spiro atoms. The number of nitrogens with zero attached hydrogens (tertiary/aromatic N) is 2. The zero-order chi connectivity index (χ0) is 21.3. The number of rotatable bonds is 4. The van der Waals surface area contributed by atoms with Gasteiger partial charge in [0.1, 0.15) is 11.5 Å². The van der Waals surface area contributed by atoms with Crippen molar-refractivity contribution in [1.29, 1.82) is 0 Å². The molecule has 1 aliphatic rings. The van der Waals surface area contributed by atoms with Crippen molar-refractivity contribution in [1.82, 2.24) is 9.88 Å². The summed E-state index contributed by atoms with van der Waals surface area (Å²) >= 11 is 0. The van der Waals surface area contributed by atoms with Crippen molar-refractivity contribution in [3.63, 3.8) is 0 Å². The lowest BCUT2D eigenvalue weighted by atomic mass is 10.0. The number of halogens is 3. The van der Waals surface area contributed by atoms with Gasteiger partial charge in [0.25, 0.3) is 5.91 Å². The highest BCUT2D eigenvalue weighted by Gasteiger charge is 2.32. The molecule has 2 aromatic carbocycles. The van der Waals surface area contributed by atoms with Gasteiger partial charge >= 0.3 is 6.36 Å². The summed E-state index contributed by atoms with van der Waals surface area (Å²) in [7, 11) is 0. The summed E-state index contributed by atoms with van der Waals surface area (Å²) in [6, 6.07) is 16.1. The molecule has 0 radical (unpaired) electrons. The van der Waals surface area contributed by atoms with Gasteiger partial charge in [0.05, 0.1) is 17.8 Å². The minimum Gasteiger partial charge on any atom is -0.470 e. The molecule has 30 heavy (non-hydrogen) atoms. The quantitative estimate of drug-likeness (QED) is 0.601. The molecule has 0 saturated carbocycles.